The van der Waals surface area contributed by atoms with Crippen molar-refractivity contribution in [2.24, 2.45) is 5.41 Å². The summed E-state index contributed by atoms with van der Waals surface area (Å²) in [5.41, 5.74) is 0.879. The molecule has 0 atom stereocenters. The predicted octanol–water partition coefficient (Wildman–Crippen LogP) is 2.68. The second-order valence-electron chi connectivity index (χ2n) is 5.03. The Hall–Kier alpha value is -0.580. The van der Waals surface area contributed by atoms with Gasteiger partial charge in [0.2, 0.25) is 10.0 Å². The van der Waals surface area contributed by atoms with Crippen LogP contribution in [0.15, 0.2) is 29.2 Å². The first-order chi connectivity index (χ1) is 8.49. The number of benzene rings is 1. The van der Waals surface area contributed by atoms with Gasteiger partial charge in [-0.1, -0.05) is 18.2 Å². The van der Waals surface area contributed by atoms with Crippen molar-refractivity contribution in [2.75, 3.05) is 12.4 Å². The molecule has 5 heteroatoms. The molecule has 1 aliphatic carbocycles. The molecule has 2 rings (SSSR count). The summed E-state index contributed by atoms with van der Waals surface area (Å²) in [6.07, 6.45) is 3.01. The molecule has 100 valence electrons. The maximum absolute atomic E-state index is 12.2. The number of hydrogen-bond donors (Lipinski definition) is 1. The van der Waals surface area contributed by atoms with Crippen LogP contribution in [0.4, 0.5) is 0 Å². The Morgan fingerprint density at radius 3 is 2.56 bits per heavy atom. The second-order valence-corrected chi connectivity index (χ2v) is 7.14. The van der Waals surface area contributed by atoms with E-state index in [1.165, 1.54) is 0 Å². The van der Waals surface area contributed by atoms with Crippen LogP contribution in [0.2, 0.25) is 0 Å². The van der Waals surface area contributed by atoms with E-state index in [9.17, 15) is 8.42 Å². The van der Waals surface area contributed by atoms with E-state index in [0.717, 1.165) is 24.8 Å². The molecule has 0 saturated heterocycles. The molecular formula is C13H18ClNO2S. The summed E-state index contributed by atoms with van der Waals surface area (Å²) in [6, 6.07) is 7.02. The molecule has 1 N–H and O–H groups in total. The van der Waals surface area contributed by atoms with E-state index in [1.54, 1.807) is 25.1 Å². The minimum atomic E-state index is -3.40. The summed E-state index contributed by atoms with van der Waals surface area (Å²) in [5.74, 6) is 0.589. The van der Waals surface area contributed by atoms with Gasteiger partial charge >= 0.3 is 0 Å². The van der Waals surface area contributed by atoms with Crippen LogP contribution in [-0.4, -0.2) is 20.8 Å². The highest BCUT2D eigenvalue weighted by molar-refractivity contribution is 7.89. The number of sulfonamides is 1. The highest BCUT2D eigenvalue weighted by Crippen LogP contribution is 2.48. The van der Waals surface area contributed by atoms with Crippen molar-refractivity contribution < 1.29 is 8.42 Å². The summed E-state index contributed by atoms with van der Waals surface area (Å²) in [4.78, 5) is 0.367. The second kappa shape index (κ2) is 5.19. The summed E-state index contributed by atoms with van der Waals surface area (Å²) in [6.45, 7) is 2.30. The lowest BCUT2D eigenvalue weighted by molar-refractivity contribution is 0.478. The maximum Gasteiger partial charge on any atom is 0.240 e. The fourth-order valence-electron chi connectivity index (χ4n) is 2.08. The van der Waals surface area contributed by atoms with Gasteiger partial charge in [-0.05, 0) is 43.2 Å². The monoisotopic (exact) mass is 287 g/mol. The maximum atomic E-state index is 12.2. The number of alkyl halides is 1. The average Bonchev–Trinajstić information content (AvgIpc) is 3.08. The topological polar surface area (TPSA) is 46.2 Å². The highest BCUT2D eigenvalue weighted by Gasteiger charge is 2.42. The van der Waals surface area contributed by atoms with Crippen molar-refractivity contribution in [1.29, 1.82) is 0 Å². The van der Waals surface area contributed by atoms with Gasteiger partial charge in [0.15, 0.2) is 0 Å². The molecule has 18 heavy (non-hydrogen) atoms. The zero-order chi connectivity index (χ0) is 13.2. The summed E-state index contributed by atoms with van der Waals surface area (Å²) in [7, 11) is -3.40. The van der Waals surface area contributed by atoms with Crippen LogP contribution < -0.4 is 4.72 Å². The van der Waals surface area contributed by atoms with Gasteiger partial charge in [-0.25, -0.2) is 13.1 Å². The first-order valence-corrected chi connectivity index (χ1v) is 8.12. The van der Waals surface area contributed by atoms with Crippen LogP contribution in [0, 0.1) is 12.3 Å². The quantitative estimate of drug-likeness (QED) is 0.818. The minimum Gasteiger partial charge on any atom is -0.211 e. The van der Waals surface area contributed by atoms with E-state index in [2.05, 4.69) is 4.72 Å². The van der Waals surface area contributed by atoms with E-state index >= 15 is 0 Å². The van der Waals surface area contributed by atoms with E-state index in [1.807, 2.05) is 6.07 Å². The number of nitrogens with one attached hydrogen (secondary N) is 1. The van der Waals surface area contributed by atoms with Crippen LogP contribution in [0.1, 0.15) is 24.8 Å². The fraction of sp³-hybridized carbons (Fsp3) is 0.538. The van der Waals surface area contributed by atoms with E-state index in [4.69, 9.17) is 11.6 Å². The van der Waals surface area contributed by atoms with Gasteiger partial charge in [0.05, 0.1) is 4.90 Å². The van der Waals surface area contributed by atoms with Gasteiger partial charge in [-0.2, -0.15) is 0 Å². The molecule has 0 aliphatic heterocycles. The van der Waals surface area contributed by atoms with Gasteiger partial charge in [-0.15, -0.1) is 11.6 Å². The van der Waals surface area contributed by atoms with Crippen LogP contribution in [-0.2, 0) is 10.0 Å². The third-order valence-electron chi connectivity index (χ3n) is 3.60. The molecule has 0 aromatic heterocycles. The SMILES string of the molecule is Cc1ccccc1S(=O)(=O)NCC1(CCCl)CC1. The van der Waals surface area contributed by atoms with E-state index in [0.29, 0.717) is 17.3 Å². The molecule has 0 radical (unpaired) electrons. The Morgan fingerprint density at radius 1 is 1.33 bits per heavy atom. The molecule has 0 bridgehead atoms. The number of halogens is 1. The van der Waals surface area contributed by atoms with Gasteiger partial charge in [0.25, 0.3) is 0 Å². The van der Waals surface area contributed by atoms with E-state index < -0.39 is 10.0 Å². The molecule has 1 fully saturated rings. The van der Waals surface area contributed by atoms with Crippen LogP contribution in [0.25, 0.3) is 0 Å². The molecule has 0 unspecified atom stereocenters. The first kappa shape index (κ1) is 13.8. The molecule has 1 aromatic rings. The average molecular weight is 288 g/mol. The smallest absolute Gasteiger partial charge is 0.211 e. The van der Waals surface area contributed by atoms with Gasteiger partial charge in [0.1, 0.15) is 0 Å². The zero-order valence-corrected chi connectivity index (χ0v) is 12.0. The molecule has 0 amide bonds. The summed E-state index contributed by atoms with van der Waals surface area (Å²) < 4.78 is 27.1. The first-order valence-electron chi connectivity index (χ1n) is 6.10. The van der Waals surface area contributed by atoms with Crippen LogP contribution >= 0.6 is 11.6 Å². The van der Waals surface area contributed by atoms with Crippen molar-refractivity contribution >= 4 is 21.6 Å². The predicted molar refractivity (Wildman–Crippen MR) is 73.4 cm³/mol. The third kappa shape index (κ3) is 3.05. The van der Waals surface area contributed by atoms with Crippen molar-refractivity contribution in [3.63, 3.8) is 0 Å². The molecule has 0 heterocycles. The van der Waals surface area contributed by atoms with Crippen molar-refractivity contribution in [3.8, 4) is 0 Å². The largest absolute Gasteiger partial charge is 0.240 e. The summed E-state index contributed by atoms with van der Waals surface area (Å²) >= 11 is 5.74. The van der Waals surface area contributed by atoms with Crippen LogP contribution in [0.5, 0.6) is 0 Å². The van der Waals surface area contributed by atoms with Crippen LogP contribution in [0.3, 0.4) is 0 Å². The lowest BCUT2D eigenvalue weighted by Crippen LogP contribution is -2.31. The number of hydrogen-bond acceptors (Lipinski definition) is 2. The Morgan fingerprint density at radius 2 is 2.00 bits per heavy atom. The van der Waals surface area contributed by atoms with Crippen molar-refractivity contribution in [1.82, 2.24) is 4.72 Å². The molecule has 1 aromatic carbocycles. The number of aryl methyl sites for hydroxylation is 1. The molecule has 1 saturated carbocycles. The van der Waals surface area contributed by atoms with Crippen molar-refractivity contribution in [3.05, 3.63) is 29.8 Å². The van der Waals surface area contributed by atoms with Gasteiger partial charge < -0.3 is 0 Å². The summed E-state index contributed by atoms with van der Waals surface area (Å²) in [5, 5.41) is 0. The highest BCUT2D eigenvalue weighted by atomic mass is 35.5. The Kier molecular flexibility index (Phi) is 3.99. The third-order valence-corrected chi connectivity index (χ3v) is 5.35. The lowest BCUT2D eigenvalue weighted by Gasteiger charge is -2.15. The minimum absolute atomic E-state index is 0.109. The normalized spacial score (nSPS) is 17.7. The Labute approximate surface area is 114 Å². The molecule has 0 spiro atoms. The molecule has 3 nitrogen and oxygen atoms in total. The fourth-order valence-corrected chi connectivity index (χ4v) is 3.88. The van der Waals surface area contributed by atoms with Crippen molar-refractivity contribution in [2.45, 2.75) is 31.1 Å². The molecule has 1 aliphatic rings. The number of rotatable bonds is 6. The van der Waals surface area contributed by atoms with Gasteiger partial charge in [-0.3, -0.25) is 0 Å². The molecular weight excluding hydrogens is 270 g/mol. The zero-order valence-electron chi connectivity index (χ0n) is 10.4. The van der Waals surface area contributed by atoms with Gasteiger partial charge in [0, 0.05) is 12.4 Å². The Bertz CT molecular complexity index is 524. The van der Waals surface area contributed by atoms with E-state index in [-0.39, 0.29) is 5.41 Å². The Balaban J connectivity index is 2.07. The lowest BCUT2D eigenvalue weighted by atomic mass is 10.1. The standard InChI is InChI=1S/C13H18ClNO2S/c1-11-4-2-3-5-12(11)18(16,17)15-10-13(6-7-13)8-9-14/h2-5,15H,6-10H2,1H3.